The molecule has 1 saturated carbocycles. The van der Waals surface area contributed by atoms with Gasteiger partial charge >= 0.3 is 0 Å². The van der Waals surface area contributed by atoms with E-state index in [0.29, 0.717) is 13.0 Å². The van der Waals surface area contributed by atoms with Crippen molar-refractivity contribution in [3.63, 3.8) is 0 Å². The van der Waals surface area contributed by atoms with E-state index in [1.54, 1.807) is 0 Å². The number of allylic oxidation sites excluding steroid dienone is 2. The maximum absolute atomic E-state index is 13.0. The number of hydrogen-bond donors (Lipinski definition) is 2. The number of nitro benzene ring substituents is 1. The molecular formula is C21H22N4O5. The third-order valence-electron chi connectivity index (χ3n) is 6.77. The van der Waals surface area contributed by atoms with Crippen LogP contribution in [-0.2, 0) is 14.4 Å². The van der Waals surface area contributed by atoms with E-state index in [4.69, 9.17) is 0 Å². The predicted molar refractivity (Wildman–Crippen MR) is 108 cm³/mol. The van der Waals surface area contributed by atoms with Crippen molar-refractivity contribution in [1.29, 1.82) is 0 Å². The van der Waals surface area contributed by atoms with E-state index in [2.05, 4.69) is 10.6 Å². The fraction of sp³-hybridized carbons (Fsp3) is 0.476. The molecule has 2 saturated heterocycles. The van der Waals surface area contributed by atoms with E-state index in [1.165, 1.54) is 18.2 Å². The average molecular weight is 410 g/mol. The summed E-state index contributed by atoms with van der Waals surface area (Å²) in [6, 6.07) is 3.71. The zero-order valence-electron chi connectivity index (χ0n) is 16.2. The Morgan fingerprint density at radius 1 is 1.07 bits per heavy atom. The van der Waals surface area contributed by atoms with Gasteiger partial charge in [0.15, 0.2) is 0 Å². The van der Waals surface area contributed by atoms with Crippen LogP contribution in [0.3, 0.4) is 0 Å². The van der Waals surface area contributed by atoms with Gasteiger partial charge in [-0.3, -0.25) is 24.5 Å². The molecule has 4 aliphatic rings. The van der Waals surface area contributed by atoms with Gasteiger partial charge in [0.1, 0.15) is 11.7 Å². The van der Waals surface area contributed by atoms with Crippen molar-refractivity contribution in [2.45, 2.75) is 31.7 Å². The standard InChI is InChI=1S/C21H22N4O5/c26-19-15(3-1-2-8-22-19)23-14-7-6-13(10-16(14)25(29)30)24-20(27)17-11-4-5-12(9-11)18(17)21(24)28/h4-7,10-12,15,17-18,23H,1-3,8-9H2,(H,22,26)/t11-,12+,15-,17+,18+/m1/s1. The zero-order valence-corrected chi connectivity index (χ0v) is 16.2. The number of nitrogens with one attached hydrogen (secondary N) is 2. The van der Waals surface area contributed by atoms with Gasteiger partial charge in [-0.1, -0.05) is 12.2 Å². The summed E-state index contributed by atoms with van der Waals surface area (Å²) in [7, 11) is 0. The molecule has 2 N–H and O–H groups in total. The Kier molecular flexibility index (Phi) is 4.34. The molecule has 9 nitrogen and oxygen atoms in total. The number of fused-ring (bicyclic) bond motifs is 5. The van der Waals surface area contributed by atoms with Crippen LogP contribution in [0.2, 0.25) is 0 Å². The number of nitrogens with zero attached hydrogens (tertiary/aromatic N) is 2. The van der Waals surface area contributed by atoms with Crippen LogP contribution in [0.5, 0.6) is 0 Å². The summed E-state index contributed by atoms with van der Waals surface area (Å²) in [6.07, 6.45) is 7.11. The number of carbonyl (C=O) groups excluding carboxylic acids is 3. The Bertz CT molecular complexity index is 960. The quantitative estimate of drug-likeness (QED) is 0.339. The number of benzene rings is 1. The molecule has 5 atom stereocenters. The van der Waals surface area contributed by atoms with Crippen LogP contribution in [0.1, 0.15) is 25.7 Å². The van der Waals surface area contributed by atoms with Gasteiger partial charge in [-0.25, -0.2) is 4.90 Å². The van der Waals surface area contributed by atoms with Crippen LogP contribution in [0, 0.1) is 33.8 Å². The van der Waals surface area contributed by atoms with Gasteiger partial charge in [-0.15, -0.1) is 0 Å². The first kappa shape index (κ1) is 18.8. The molecule has 30 heavy (non-hydrogen) atoms. The summed E-state index contributed by atoms with van der Waals surface area (Å²) >= 11 is 0. The van der Waals surface area contributed by atoms with Gasteiger partial charge in [-0.05, 0) is 49.7 Å². The van der Waals surface area contributed by atoms with E-state index in [-0.39, 0.29) is 58.5 Å². The molecule has 1 aromatic rings. The first-order valence-electron chi connectivity index (χ1n) is 10.3. The second-order valence-electron chi connectivity index (χ2n) is 8.45. The Balaban J connectivity index is 1.44. The smallest absolute Gasteiger partial charge is 0.294 e. The molecule has 0 spiro atoms. The van der Waals surface area contributed by atoms with Crippen LogP contribution < -0.4 is 15.5 Å². The molecular weight excluding hydrogens is 388 g/mol. The van der Waals surface area contributed by atoms with Gasteiger partial charge in [-0.2, -0.15) is 0 Å². The fourth-order valence-corrected chi connectivity index (χ4v) is 5.35. The highest BCUT2D eigenvalue weighted by Gasteiger charge is 2.59. The highest BCUT2D eigenvalue weighted by Crippen LogP contribution is 2.53. The lowest BCUT2D eigenvalue weighted by Gasteiger charge is -2.20. The number of amides is 3. The normalized spacial score (nSPS) is 32.2. The minimum atomic E-state index is -0.562. The first-order chi connectivity index (χ1) is 14.5. The summed E-state index contributed by atoms with van der Waals surface area (Å²) < 4.78 is 0. The molecule has 2 aliphatic carbocycles. The van der Waals surface area contributed by atoms with Crippen molar-refractivity contribution in [2.75, 3.05) is 16.8 Å². The number of anilines is 2. The van der Waals surface area contributed by atoms with Crippen molar-refractivity contribution in [3.05, 3.63) is 40.5 Å². The highest BCUT2D eigenvalue weighted by molar-refractivity contribution is 6.23. The van der Waals surface area contributed by atoms with Crippen LogP contribution in [0.25, 0.3) is 0 Å². The van der Waals surface area contributed by atoms with Gasteiger partial charge in [0, 0.05) is 12.6 Å². The Morgan fingerprint density at radius 2 is 1.77 bits per heavy atom. The molecule has 9 heteroatoms. The van der Waals surface area contributed by atoms with E-state index in [1.807, 2.05) is 12.2 Å². The second kappa shape index (κ2) is 6.93. The topological polar surface area (TPSA) is 122 Å². The third-order valence-corrected chi connectivity index (χ3v) is 6.77. The molecule has 2 bridgehead atoms. The molecule has 156 valence electrons. The summed E-state index contributed by atoms with van der Waals surface area (Å²) in [5.74, 6) is -1.32. The van der Waals surface area contributed by atoms with Crippen molar-refractivity contribution >= 4 is 34.8 Å². The Morgan fingerprint density at radius 3 is 2.43 bits per heavy atom. The summed E-state index contributed by atoms with van der Waals surface area (Å²) in [5, 5.41) is 17.5. The van der Waals surface area contributed by atoms with Gasteiger partial charge in [0.2, 0.25) is 17.7 Å². The molecule has 0 radical (unpaired) electrons. The summed E-state index contributed by atoms with van der Waals surface area (Å²) in [5.41, 5.74) is 0.150. The number of carbonyl (C=O) groups is 3. The third kappa shape index (κ3) is 2.79. The van der Waals surface area contributed by atoms with Crippen LogP contribution in [-0.4, -0.2) is 35.2 Å². The van der Waals surface area contributed by atoms with Gasteiger partial charge in [0.05, 0.1) is 22.4 Å². The van der Waals surface area contributed by atoms with Crippen LogP contribution >= 0.6 is 0 Å². The van der Waals surface area contributed by atoms with Gasteiger partial charge < -0.3 is 10.6 Å². The van der Waals surface area contributed by atoms with E-state index in [9.17, 15) is 24.5 Å². The zero-order chi connectivity index (χ0) is 21.0. The number of nitro groups is 1. The molecule has 1 aromatic carbocycles. The van der Waals surface area contributed by atoms with Crippen molar-refractivity contribution in [2.24, 2.45) is 23.7 Å². The molecule has 3 amide bonds. The van der Waals surface area contributed by atoms with E-state index >= 15 is 0 Å². The van der Waals surface area contributed by atoms with E-state index in [0.717, 1.165) is 24.2 Å². The molecule has 2 aliphatic heterocycles. The molecule has 3 fully saturated rings. The van der Waals surface area contributed by atoms with E-state index < -0.39 is 11.0 Å². The summed E-state index contributed by atoms with van der Waals surface area (Å²) in [6.45, 7) is 0.594. The van der Waals surface area contributed by atoms with Crippen LogP contribution in [0.15, 0.2) is 30.4 Å². The predicted octanol–water partition coefficient (Wildman–Crippen LogP) is 1.99. The largest absolute Gasteiger partial charge is 0.368 e. The maximum Gasteiger partial charge on any atom is 0.294 e. The molecule has 2 heterocycles. The highest BCUT2D eigenvalue weighted by atomic mass is 16.6. The van der Waals surface area contributed by atoms with Crippen molar-refractivity contribution in [3.8, 4) is 0 Å². The molecule has 0 aromatic heterocycles. The minimum Gasteiger partial charge on any atom is -0.368 e. The molecule has 0 unspecified atom stereocenters. The SMILES string of the molecule is O=C1NCCCC[C@H]1Nc1ccc(N2C(=O)[C@@H]3[C@@H](C2=O)[C@H]2C=C[C@@H]3C2)cc1[N+](=O)[O-]. The fourth-order valence-electron chi connectivity index (χ4n) is 5.35. The minimum absolute atomic E-state index is 0.0751. The van der Waals surface area contributed by atoms with Crippen molar-refractivity contribution in [1.82, 2.24) is 5.32 Å². The lowest BCUT2D eigenvalue weighted by atomic mass is 9.85. The van der Waals surface area contributed by atoms with Crippen molar-refractivity contribution < 1.29 is 19.3 Å². The Labute approximate surface area is 172 Å². The second-order valence-corrected chi connectivity index (χ2v) is 8.45. The average Bonchev–Trinajstić information content (AvgIpc) is 3.36. The lowest BCUT2D eigenvalue weighted by Crippen LogP contribution is -2.38. The molecule has 5 rings (SSSR count). The lowest BCUT2D eigenvalue weighted by molar-refractivity contribution is -0.383. The first-order valence-corrected chi connectivity index (χ1v) is 10.3. The number of hydrogen-bond acceptors (Lipinski definition) is 6. The number of imide groups is 1. The monoisotopic (exact) mass is 410 g/mol. The number of rotatable bonds is 4. The Hall–Kier alpha value is -3.23. The summed E-state index contributed by atoms with van der Waals surface area (Å²) in [4.78, 5) is 50.4. The van der Waals surface area contributed by atoms with Crippen LogP contribution in [0.4, 0.5) is 17.1 Å². The maximum atomic E-state index is 13.0. The van der Waals surface area contributed by atoms with Gasteiger partial charge in [0.25, 0.3) is 5.69 Å².